The third-order valence-corrected chi connectivity index (χ3v) is 2.71. The second kappa shape index (κ2) is 5.99. The molecule has 2 nitrogen and oxygen atoms in total. The number of amides is 1. The number of aryl methyl sites for hydroxylation is 1. The number of nitrogens with two attached hydrogens (primary N) is 1. The highest BCUT2D eigenvalue weighted by Gasteiger charge is 2.23. The fourth-order valence-corrected chi connectivity index (χ4v) is 2.05. The van der Waals surface area contributed by atoms with Gasteiger partial charge in [-0.15, -0.1) is 24.8 Å². The van der Waals surface area contributed by atoms with Gasteiger partial charge in [-0.3, -0.25) is 4.79 Å². The smallest absolute Gasteiger partial charge is 0.224 e. The maximum atomic E-state index is 11.1. The molecule has 0 aliphatic heterocycles. The Morgan fingerprint density at radius 3 is 2.60 bits per heavy atom. The van der Waals surface area contributed by atoms with Crippen molar-refractivity contribution < 1.29 is 4.79 Å². The van der Waals surface area contributed by atoms with E-state index in [0.717, 1.165) is 24.8 Å². The zero-order valence-electron chi connectivity index (χ0n) is 8.31. The molecule has 1 aromatic rings. The molecule has 15 heavy (non-hydrogen) atoms. The van der Waals surface area contributed by atoms with Crippen LogP contribution in [0.4, 0.5) is 0 Å². The van der Waals surface area contributed by atoms with E-state index in [0.29, 0.717) is 0 Å². The minimum atomic E-state index is -0.188. The molecular formula is C11H15Cl2NO. The van der Waals surface area contributed by atoms with Crippen molar-refractivity contribution >= 4 is 30.7 Å². The fourth-order valence-electron chi connectivity index (χ4n) is 2.05. The maximum absolute atomic E-state index is 11.1. The first-order valence-electron chi connectivity index (χ1n) is 4.66. The summed E-state index contributed by atoms with van der Waals surface area (Å²) in [5, 5.41) is 0. The van der Waals surface area contributed by atoms with Gasteiger partial charge in [0, 0.05) is 0 Å². The monoisotopic (exact) mass is 247 g/mol. The number of halogens is 2. The van der Waals surface area contributed by atoms with Crippen molar-refractivity contribution in [2.45, 2.75) is 25.2 Å². The Labute approximate surface area is 102 Å². The summed E-state index contributed by atoms with van der Waals surface area (Å²) in [6, 6.07) is 8.09. The van der Waals surface area contributed by atoms with Gasteiger partial charge in [-0.25, -0.2) is 0 Å². The molecule has 1 atom stereocenters. The zero-order valence-corrected chi connectivity index (χ0v) is 9.94. The van der Waals surface area contributed by atoms with E-state index in [1.807, 2.05) is 18.2 Å². The molecule has 1 aliphatic rings. The van der Waals surface area contributed by atoms with Crippen LogP contribution in [0.25, 0.3) is 0 Å². The molecule has 0 saturated carbocycles. The Hall–Kier alpha value is -0.730. The van der Waals surface area contributed by atoms with Crippen molar-refractivity contribution in [3.63, 3.8) is 0 Å². The Bertz CT molecular complexity index is 341. The van der Waals surface area contributed by atoms with Crippen LogP contribution in [0, 0.1) is 0 Å². The van der Waals surface area contributed by atoms with E-state index < -0.39 is 0 Å². The van der Waals surface area contributed by atoms with Crippen molar-refractivity contribution in [3.8, 4) is 0 Å². The van der Waals surface area contributed by atoms with Crippen LogP contribution >= 0.6 is 24.8 Å². The highest BCUT2D eigenvalue weighted by molar-refractivity contribution is 5.85. The van der Waals surface area contributed by atoms with Crippen molar-refractivity contribution in [2.24, 2.45) is 5.73 Å². The first kappa shape index (κ1) is 14.3. The summed E-state index contributed by atoms with van der Waals surface area (Å²) in [5.74, 6) is -0.239. The lowest BCUT2D eigenvalue weighted by molar-refractivity contribution is -0.119. The van der Waals surface area contributed by atoms with Gasteiger partial charge in [0.2, 0.25) is 5.91 Å². The highest BCUT2D eigenvalue weighted by atomic mass is 35.5. The Morgan fingerprint density at radius 1 is 1.27 bits per heavy atom. The quantitative estimate of drug-likeness (QED) is 0.814. The van der Waals surface area contributed by atoms with Crippen molar-refractivity contribution in [1.29, 1.82) is 0 Å². The molecule has 1 aliphatic carbocycles. The predicted molar refractivity (Wildman–Crippen MR) is 65.8 cm³/mol. The van der Waals surface area contributed by atoms with Gasteiger partial charge >= 0.3 is 0 Å². The summed E-state index contributed by atoms with van der Waals surface area (Å²) in [7, 11) is 0. The molecule has 0 fully saturated rings. The van der Waals surface area contributed by atoms with E-state index in [9.17, 15) is 4.79 Å². The van der Waals surface area contributed by atoms with Crippen LogP contribution in [-0.4, -0.2) is 5.91 Å². The summed E-state index contributed by atoms with van der Waals surface area (Å²) in [6.45, 7) is 0. The molecule has 0 aromatic heterocycles. The Morgan fingerprint density at radius 2 is 1.93 bits per heavy atom. The molecule has 0 spiro atoms. The molecule has 1 amide bonds. The average molecular weight is 248 g/mol. The summed E-state index contributed by atoms with van der Waals surface area (Å²) < 4.78 is 0. The number of benzene rings is 1. The number of rotatable bonds is 1. The van der Waals surface area contributed by atoms with Gasteiger partial charge in [-0.1, -0.05) is 24.3 Å². The molecule has 84 valence electrons. The van der Waals surface area contributed by atoms with E-state index in [-0.39, 0.29) is 36.6 Å². The fraction of sp³-hybridized carbons (Fsp3) is 0.364. The lowest BCUT2D eigenvalue weighted by Gasteiger charge is -2.22. The molecule has 2 rings (SSSR count). The largest absolute Gasteiger partial charge is 0.369 e. The molecule has 1 aromatic carbocycles. The van der Waals surface area contributed by atoms with Crippen LogP contribution in [0.5, 0.6) is 0 Å². The third-order valence-electron chi connectivity index (χ3n) is 2.71. The molecular weight excluding hydrogens is 233 g/mol. The lowest BCUT2D eigenvalue weighted by atomic mass is 9.82. The predicted octanol–water partition coefficient (Wildman–Crippen LogP) is 2.44. The topological polar surface area (TPSA) is 43.1 Å². The summed E-state index contributed by atoms with van der Waals surface area (Å²) in [6.07, 6.45) is 3.07. The normalized spacial score (nSPS) is 18.0. The van der Waals surface area contributed by atoms with E-state index >= 15 is 0 Å². The summed E-state index contributed by atoms with van der Waals surface area (Å²) in [5.41, 5.74) is 7.77. The van der Waals surface area contributed by atoms with Crippen molar-refractivity contribution in [3.05, 3.63) is 35.4 Å². The number of hydrogen-bond acceptors (Lipinski definition) is 1. The second-order valence-corrected chi connectivity index (χ2v) is 3.55. The van der Waals surface area contributed by atoms with Gasteiger partial charge in [0.15, 0.2) is 0 Å². The summed E-state index contributed by atoms with van der Waals surface area (Å²) in [4.78, 5) is 11.1. The Balaban J connectivity index is 0.000000980. The number of carbonyl (C=O) groups excluding carboxylic acids is 1. The molecule has 0 heterocycles. The van der Waals surface area contributed by atoms with Crippen LogP contribution in [-0.2, 0) is 11.2 Å². The number of fused-ring (bicyclic) bond motifs is 1. The van der Waals surface area contributed by atoms with E-state index in [4.69, 9.17) is 5.73 Å². The van der Waals surface area contributed by atoms with Crippen LogP contribution in [0.15, 0.2) is 24.3 Å². The van der Waals surface area contributed by atoms with Crippen LogP contribution < -0.4 is 5.73 Å². The van der Waals surface area contributed by atoms with Gasteiger partial charge in [0.25, 0.3) is 0 Å². The van der Waals surface area contributed by atoms with Gasteiger partial charge in [0.1, 0.15) is 0 Å². The third kappa shape index (κ3) is 2.86. The zero-order chi connectivity index (χ0) is 9.26. The van der Waals surface area contributed by atoms with E-state index in [1.54, 1.807) is 0 Å². The standard InChI is InChI=1S/C11H13NO.2ClH/c12-11(13)10-7-3-5-8-4-1-2-6-9(8)10;;/h1-2,4,6,10H,3,5,7H2,(H2,12,13);2*1H. The Kier molecular flexibility index (Phi) is 5.69. The van der Waals surface area contributed by atoms with Crippen LogP contribution in [0.3, 0.4) is 0 Å². The summed E-state index contributed by atoms with van der Waals surface area (Å²) >= 11 is 0. The second-order valence-electron chi connectivity index (χ2n) is 3.55. The molecule has 0 radical (unpaired) electrons. The molecule has 2 N–H and O–H groups in total. The lowest BCUT2D eigenvalue weighted by Crippen LogP contribution is -2.24. The average Bonchev–Trinajstić information content (AvgIpc) is 2.17. The first-order valence-corrected chi connectivity index (χ1v) is 4.66. The number of carbonyl (C=O) groups is 1. The minimum Gasteiger partial charge on any atom is -0.369 e. The molecule has 1 unspecified atom stereocenters. The number of hydrogen-bond donors (Lipinski definition) is 1. The van der Waals surface area contributed by atoms with Gasteiger partial charge in [-0.2, -0.15) is 0 Å². The molecule has 4 heteroatoms. The van der Waals surface area contributed by atoms with Crippen LogP contribution in [0.1, 0.15) is 29.9 Å². The van der Waals surface area contributed by atoms with E-state index in [2.05, 4.69) is 6.07 Å². The van der Waals surface area contributed by atoms with Crippen molar-refractivity contribution in [2.75, 3.05) is 0 Å². The van der Waals surface area contributed by atoms with Gasteiger partial charge in [-0.05, 0) is 30.4 Å². The first-order chi connectivity index (χ1) is 6.29. The molecule has 0 saturated heterocycles. The van der Waals surface area contributed by atoms with Gasteiger partial charge in [0.05, 0.1) is 5.92 Å². The van der Waals surface area contributed by atoms with E-state index in [1.165, 1.54) is 5.56 Å². The van der Waals surface area contributed by atoms with Crippen molar-refractivity contribution in [1.82, 2.24) is 0 Å². The highest BCUT2D eigenvalue weighted by Crippen LogP contribution is 2.30. The molecule has 0 bridgehead atoms. The number of primary amides is 1. The van der Waals surface area contributed by atoms with Crippen LogP contribution in [0.2, 0.25) is 0 Å². The minimum absolute atomic E-state index is 0. The SMILES string of the molecule is Cl.Cl.NC(=O)C1CCCc2ccccc21. The van der Waals surface area contributed by atoms with Gasteiger partial charge < -0.3 is 5.73 Å². The maximum Gasteiger partial charge on any atom is 0.224 e.